The molecule has 2 N–H and O–H groups in total. The number of halogens is 1. The fourth-order valence-corrected chi connectivity index (χ4v) is 3.96. The van der Waals surface area contributed by atoms with E-state index >= 15 is 0 Å². The molecule has 1 aliphatic heterocycles. The second-order valence-electron chi connectivity index (χ2n) is 4.32. The van der Waals surface area contributed by atoms with E-state index in [9.17, 15) is 8.42 Å². The Morgan fingerprint density at radius 3 is 2.76 bits per heavy atom. The standard InChI is InChI=1S/C11H15ClN2O2S/c1-8-2-3-9(12)6-11(8)17(15,16)14-5-4-10(13)7-14/h2-3,6,10H,4-5,7,13H2,1H3/t10-/m1/s1. The first kappa shape index (κ1) is 12.8. The molecule has 1 aliphatic rings. The summed E-state index contributed by atoms with van der Waals surface area (Å²) < 4.78 is 26.2. The number of rotatable bonds is 2. The van der Waals surface area contributed by atoms with Gasteiger partial charge in [0, 0.05) is 24.2 Å². The van der Waals surface area contributed by atoms with E-state index in [-0.39, 0.29) is 10.9 Å². The van der Waals surface area contributed by atoms with Crippen molar-refractivity contribution in [3.63, 3.8) is 0 Å². The van der Waals surface area contributed by atoms with E-state index in [1.165, 1.54) is 10.4 Å². The Hall–Kier alpha value is -0.620. The molecule has 0 bridgehead atoms. The molecular weight excluding hydrogens is 260 g/mol. The van der Waals surface area contributed by atoms with Crippen LogP contribution in [0.25, 0.3) is 0 Å². The van der Waals surface area contributed by atoms with Crippen LogP contribution < -0.4 is 5.73 Å². The lowest BCUT2D eigenvalue weighted by Gasteiger charge is -2.17. The monoisotopic (exact) mass is 274 g/mol. The van der Waals surface area contributed by atoms with Gasteiger partial charge in [0.15, 0.2) is 0 Å². The van der Waals surface area contributed by atoms with Gasteiger partial charge in [-0.25, -0.2) is 8.42 Å². The van der Waals surface area contributed by atoms with Crippen molar-refractivity contribution in [3.05, 3.63) is 28.8 Å². The lowest BCUT2D eigenvalue weighted by molar-refractivity contribution is 0.472. The largest absolute Gasteiger partial charge is 0.326 e. The highest BCUT2D eigenvalue weighted by Crippen LogP contribution is 2.25. The average molecular weight is 275 g/mol. The molecule has 0 unspecified atom stereocenters. The number of benzene rings is 1. The van der Waals surface area contributed by atoms with Crippen LogP contribution in [-0.4, -0.2) is 31.9 Å². The summed E-state index contributed by atoms with van der Waals surface area (Å²) in [5.41, 5.74) is 6.44. The van der Waals surface area contributed by atoms with Gasteiger partial charge in [-0.3, -0.25) is 0 Å². The van der Waals surface area contributed by atoms with Gasteiger partial charge in [0.25, 0.3) is 0 Å². The SMILES string of the molecule is Cc1ccc(Cl)cc1S(=O)(=O)N1CC[C@@H](N)C1. The molecule has 4 nitrogen and oxygen atoms in total. The summed E-state index contributed by atoms with van der Waals surface area (Å²) in [7, 11) is -3.46. The molecule has 2 rings (SSSR count). The Bertz CT molecular complexity index is 530. The summed E-state index contributed by atoms with van der Waals surface area (Å²) in [5, 5.41) is 0.428. The minimum Gasteiger partial charge on any atom is -0.326 e. The molecule has 17 heavy (non-hydrogen) atoms. The summed E-state index contributed by atoms with van der Waals surface area (Å²) in [6.07, 6.45) is 0.707. The summed E-state index contributed by atoms with van der Waals surface area (Å²) in [6, 6.07) is 4.83. The molecule has 6 heteroatoms. The molecule has 0 aliphatic carbocycles. The molecule has 0 amide bonds. The van der Waals surface area contributed by atoms with Crippen LogP contribution in [0.3, 0.4) is 0 Å². The van der Waals surface area contributed by atoms with Crippen molar-refractivity contribution in [2.24, 2.45) is 5.73 Å². The summed E-state index contributed by atoms with van der Waals surface area (Å²) in [4.78, 5) is 0.277. The normalized spacial score (nSPS) is 21.9. The molecule has 1 heterocycles. The molecule has 0 radical (unpaired) electrons. The lowest BCUT2D eigenvalue weighted by Crippen LogP contribution is -2.32. The Morgan fingerprint density at radius 2 is 2.18 bits per heavy atom. The van der Waals surface area contributed by atoms with E-state index < -0.39 is 10.0 Å². The highest BCUT2D eigenvalue weighted by Gasteiger charge is 2.31. The van der Waals surface area contributed by atoms with Gasteiger partial charge in [-0.05, 0) is 31.0 Å². The number of hydrogen-bond acceptors (Lipinski definition) is 3. The zero-order chi connectivity index (χ0) is 12.6. The summed E-state index contributed by atoms with van der Waals surface area (Å²) >= 11 is 5.85. The first-order chi connectivity index (χ1) is 7.91. The van der Waals surface area contributed by atoms with Crippen molar-refractivity contribution in [1.29, 1.82) is 0 Å². The van der Waals surface area contributed by atoms with Crippen LogP contribution in [0.5, 0.6) is 0 Å². The molecule has 0 spiro atoms. The van der Waals surface area contributed by atoms with Gasteiger partial charge in [-0.2, -0.15) is 4.31 Å². The van der Waals surface area contributed by atoms with E-state index in [1.54, 1.807) is 19.1 Å². The van der Waals surface area contributed by atoms with Crippen molar-refractivity contribution in [2.45, 2.75) is 24.3 Å². The fourth-order valence-electron chi connectivity index (χ4n) is 1.96. The van der Waals surface area contributed by atoms with Crippen LogP contribution in [-0.2, 0) is 10.0 Å². The van der Waals surface area contributed by atoms with Gasteiger partial charge in [-0.15, -0.1) is 0 Å². The molecule has 1 fully saturated rings. The van der Waals surface area contributed by atoms with Crippen LogP contribution in [0.1, 0.15) is 12.0 Å². The third-order valence-corrected chi connectivity index (χ3v) is 5.20. The maximum atomic E-state index is 12.4. The van der Waals surface area contributed by atoms with Gasteiger partial charge in [0.05, 0.1) is 4.90 Å². The molecule has 1 aromatic rings. The van der Waals surface area contributed by atoms with Gasteiger partial charge in [0.1, 0.15) is 0 Å². The second-order valence-corrected chi connectivity index (χ2v) is 6.66. The van der Waals surface area contributed by atoms with E-state index in [0.717, 1.165) is 0 Å². The maximum absolute atomic E-state index is 12.4. The zero-order valence-electron chi connectivity index (χ0n) is 9.56. The number of hydrogen-bond donors (Lipinski definition) is 1. The summed E-state index contributed by atoms with van der Waals surface area (Å²) in [5.74, 6) is 0. The van der Waals surface area contributed by atoms with Crippen LogP contribution in [0.4, 0.5) is 0 Å². The Labute approximate surface area is 106 Å². The minimum atomic E-state index is -3.46. The first-order valence-electron chi connectivity index (χ1n) is 5.43. The number of nitrogens with two attached hydrogens (primary N) is 1. The molecule has 1 saturated heterocycles. The van der Waals surface area contributed by atoms with E-state index in [1.807, 2.05) is 0 Å². The van der Waals surface area contributed by atoms with Crippen LogP contribution in [0.15, 0.2) is 23.1 Å². The van der Waals surface area contributed by atoms with Crippen LogP contribution in [0, 0.1) is 6.92 Å². The van der Waals surface area contributed by atoms with Gasteiger partial charge in [-0.1, -0.05) is 17.7 Å². The number of aryl methyl sites for hydroxylation is 1. The molecular formula is C11H15ClN2O2S. The maximum Gasteiger partial charge on any atom is 0.243 e. The molecule has 0 aromatic heterocycles. The third kappa shape index (κ3) is 2.47. The highest BCUT2D eigenvalue weighted by atomic mass is 35.5. The predicted octanol–water partition coefficient (Wildman–Crippen LogP) is 1.37. The van der Waals surface area contributed by atoms with Crippen molar-refractivity contribution in [3.8, 4) is 0 Å². The Balaban J connectivity index is 2.41. The topological polar surface area (TPSA) is 63.4 Å². The lowest BCUT2D eigenvalue weighted by atomic mass is 10.2. The van der Waals surface area contributed by atoms with Crippen LogP contribution >= 0.6 is 11.6 Å². The molecule has 1 atom stereocenters. The zero-order valence-corrected chi connectivity index (χ0v) is 11.1. The van der Waals surface area contributed by atoms with Gasteiger partial charge in [0.2, 0.25) is 10.0 Å². The van der Waals surface area contributed by atoms with Crippen LogP contribution in [0.2, 0.25) is 5.02 Å². The molecule has 0 saturated carbocycles. The quantitative estimate of drug-likeness (QED) is 0.886. The van der Waals surface area contributed by atoms with E-state index in [0.29, 0.717) is 30.1 Å². The third-order valence-electron chi connectivity index (χ3n) is 2.96. The number of sulfonamides is 1. The number of nitrogens with zero attached hydrogens (tertiary/aromatic N) is 1. The predicted molar refractivity (Wildman–Crippen MR) is 67.5 cm³/mol. The highest BCUT2D eigenvalue weighted by molar-refractivity contribution is 7.89. The van der Waals surface area contributed by atoms with Crippen molar-refractivity contribution < 1.29 is 8.42 Å². The van der Waals surface area contributed by atoms with Gasteiger partial charge >= 0.3 is 0 Å². The smallest absolute Gasteiger partial charge is 0.243 e. The first-order valence-corrected chi connectivity index (χ1v) is 7.25. The van der Waals surface area contributed by atoms with E-state index in [2.05, 4.69) is 0 Å². The van der Waals surface area contributed by atoms with Crippen molar-refractivity contribution in [1.82, 2.24) is 4.31 Å². The minimum absolute atomic E-state index is 0.0655. The Morgan fingerprint density at radius 1 is 1.47 bits per heavy atom. The second kappa shape index (κ2) is 4.57. The Kier molecular flexibility index (Phi) is 3.45. The molecule has 1 aromatic carbocycles. The van der Waals surface area contributed by atoms with Crippen molar-refractivity contribution >= 4 is 21.6 Å². The van der Waals surface area contributed by atoms with E-state index in [4.69, 9.17) is 17.3 Å². The van der Waals surface area contributed by atoms with Gasteiger partial charge < -0.3 is 5.73 Å². The molecule has 94 valence electrons. The average Bonchev–Trinajstić information content (AvgIpc) is 2.69. The van der Waals surface area contributed by atoms with Crippen molar-refractivity contribution in [2.75, 3.05) is 13.1 Å². The summed E-state index contributed by atoms with van der Waals surface area (Å²) in [6.45, 7) is 2.63. The fraction of sp³-hybridized carbons (Fsp3) is 0.455.